The van der Waals surface area contributed by atoms with Gasteiger partial charge in [-0.1, -0.05) is 12.1 Å². The Kier molecular flexibility index (Phi) is 2.19. The molecular weight excluding hydrogens is 222 g/mol. The summed E-state index contributed by atoms with van der Waals surface area (Å²) in [6.45, 7) is 0. The average molecular weight is 229 g/mol. The summed E-state index contributed by atoms with van der Waals surface area (Å²) in [6.07, 6.45) is 3.43. The zero-order chi connectivity index (χ0) is 10.8. The third kappa shape index (κ3) is 1.59. The molecule has 1 aromatic carbocycles. The first kappa shape index (κ1) is 9.17. The number of hydrogen-bond donors (Lipinski definition) is 0. The average Bonchev–Trinajstić information content (AvgIpc) is 3.03. The van der Waals surface area contributed by atoms with Crippen molar-refractivity contribution in [1.82, 2.24) is 25.2 Å². The van der Waals surface area contributed by atoms with E-state index in [9.17, 15) is 0 Å². The lowest BCUT2D eigenvalue weighted by Gasteiger charge is -2.00. The normalized spacial score (nSPS) is 10.5. The van der Waals surface area contributed by atoms with Gasteiger partial charge in [-0.25, -0.2) is 4.68 Å². The second-order valence-corrected chi connectivity index (χ2v) is 4.05. The Balaban J connectivity index is 1.97. The minimum absolute atomic E-state index is 0.943. The molecule has 0 saturated carbocycles. The molecule has 6 heteroatoms. The number of thiazole rings is 1. The lowest BCUT2D eigenvalue weighted by Crippen LogP contribution is -1.94. The standard InChI is InChI=1S/C10H7N5S/c1-3-9(15-6-12-13-14-15)4-2-8(1)10-5-11-7-16-10/h1-7H. The number of hydrogen-bond acceptors (Lipinski definition) is 5. The molecule has 2 heterocycles. The van der Waals surface area contributed by atoms with Crippen LogP contribution in [0.5, 0.6) is 0 Å². The van der Waals surface area contributed by atoms with Crippen LogP contribution < -0.4 is 0 Å². The van der Waals surface area contributed by atoms with Crippen LogP contribution in [0.4, 0.5) is 0 Å². The molecule has 16 heavy (non-hydrogen) atoms. The minimum atomic E-state index is 0.943. The molecule has 78 valence electrons. The van der Waals surface area contributed by atoms with Gasteiger partial charge in [-0.05, 0) is 28.1 Å². The Morgan fingerprint density at radius 1 is 1.12 bits per heavy atom. The number of tetrazole rings is 1. The molecule has 0 fully saturated rings. The van der Waals surface area contributed by atoms with E-state index in [4.69, 9.17) is 0 Å². The van der Waals surface area contributed by atoms with Crippen molar-refractivity contribution in [2.24, 2.45) is 0 Å². The Bertz CT molecular complexity index is 503. The number of aromatic nitrogens is 5. The van der Waals surface area contributed by atoms with E-state index in [-0.39, 0.29) is 0 Å². The smallest absolute Gasteiger partial charge is 0.143 e. The maximum Gasteiger partial charge on any atom is 0.143 e. The van der Waals surface area contributed by atoms with Crippen LogP contribution in [0.2, 0.25) is 0 Å². The van der Waals surface area contributed by atoms with E-state index >= 15 is 0 Å². The van der Waals surface area contributed by atoms with Gasteiger partial charge in [0, 0.05) is 6.20 Å². The highest BCUT2D eigenvalue weighted by atomic mass is 32.1. The van der Waals surface area contributed by atoms with Crippen LogP contribution in [0.3, 0.4) is 0 Å². The Hall–Kier alpha value is -2.08. The zero-order valence-corrected chi connectivity index (χ0v) is 9.00. The van der Waals surface area contributed by atoms with E-state index < -0.39 is 0 Å². The first-order valence-electron chi connectivity index (χ1n) is 4.66. The molecule has 3 rings (SSSR count). The Morgan fingerprint density at radius 3 is 2.62 bits per heavy atom. The molecule has 0 atom stereocenters. The van der Waals surface area contributed by atoms with Crippen molar-refractivity contribution < 1.29 is 0 Å². The summed E-state index contributed by atoms with van der Waals surface area (Å²) in [4.78, 5) is 5.21. The topological polar surface area (TPSA) is 56.5 Å². The van der Waals surface area contributed by atoms with Crippen molar-refractivity contribution in [3.8, 4) is 16.1 Å². The molecule has 0 aliphatic carbocycles. The monoisotopic (exact) mass is 229 g/mol. The van der Waals surface area contributed by atoms with Crippen molar-refractivity contribution in [1.29, 1.82) is 0 Å². The lowest BCUT2D eigenvalue weighted by atomic mass is 10.2. The molecule has 0 spiro atoms. The van der Waals surface area contributed by atoms with Crippen LogP contribution in [-0.4, -0.2) is 25.2 Å². The zero-order valence-electron chi connectivity index (χ0n) is 8.19. The van der Waals surface area contributed by atoms with Crippen LogP contribution in [-0.2, 0) is 0 Å². The van der Waals surface area contributed by atoms with Crippen molar-refractivity contribution in [2.45, 2.75) is 0 Å². The molecule has 0 N–H and O–H groups in total. The van der Waals surface area contributed by atoms with Gasteiger partial charge in [0.25, 0.3) is 0 Å². The third-order valence-corrected chi connectivity index (χ3v) is 3.02. The van der Waals surface area contributed by atoms with Gasteiger partial charge >= 0.3 is 0 Å². The van der Waals surface area contributed by atoms with Gasteiger partial charge in [0.15, 0.2) is 0 Å². The highest BCUT2D eigenvalue weighted by Crippen LogP contribution is 2.23. The van der Waals surface area contributed by atoms with E-state index in [1.54, 1.807) is 22.3 Å². The van der Waals surface area contributed by atoms with Crippen molar-refractivity contribution in [3.05, 3.63) is 42.3 Å². The Labute approximate surface area is 95.4 Å². The van der Waals surface area contributed by atoms with Crippen LogP contribution in [0.25, 0.3) is 16.1 Å². The molecule has 0 unspecified atom stereocenters. The maximum atomic E-state index is 4.05. The molecule has 0 saturated heterocycles. The van der Waals surface area contributed by atoms with E-state index in [0.29, 0.717) is 0 Å². The van der Waals surface area contributed by atoms with Gasteiger partial charge in [-0.2, -0.15) is 0 Å². The molecule has 0 amide bonds. The molecule has 0 radical (unpaired) electrons. The van der Waals surface area contributed by atoms with Crippen LogP contribution in [0, 0.1) is 0 Å². The van der Waals surface area contributed by atoms with Gasteiger partial charge in [0.05, 0.1) is 16.1 Å². The second kappa shape index (κ2) is 3.82. The minimum Gasteiger partial charge on any atom is -0.252 e. The van der Waals surface area contributed by atoms with E-state index in [1.807, 2.05) is 36.0 Å². The summed E-state index contributed by atoms with van der Waals surface area (Å²) in [5.74, 6) is 0. The fourth-order valence-corrected chi connectivity index (χ4v) is 2.05. The van der Waals surface area contributed by atoms with E-state index in [2.05, 4.69) is 20.5 Å². The first-order chi connectivity index (χ1) is 7.93. The molecular formula is C10H7N5S. The van der Waals surface area contributed by atoms with Crippen LogP contribution in [0.1, 0.15) is 0 Å². The predicted molar refractivity (Wildman–Crippen MR) is 60.3 cm³/mol. The molecule has 0 aliphatic heterocycles. The summed E-state index contributed by atoms with van der Waals surface area (Å²) in [5, 5.41) is 11.0. The van der Waals surface area contributed by atoms with Gasteiger partial charge in [0.2, 0.25) is 0 Å². The quantitative estimate of drug-likeness (QED) is 0.672. The molecule has 5 nitrogen and oxygen atoms in total. The van der Waals surface area contributed by atoms with Crippen LogP contribution in [0.15, 0.2) is 42.3 Å². The summed E-state index contributed by atoms with van der Waals surface area (Å²) in [7, 11) is 0. The highest BCUT2D eigenvalue weighted by molar-refractivity contribution is 7.13. The predicted octanol–water partition coefficient (Wildman–Crippen LogP) is 1.79. The fraction of sp³-hybridized carbons (Fsp3) is 0. The second-order valence-electron chi connectivity index (χ2n) is 3.17. The summed E-state index contributed by atoms with van der Waals surface area (Å²) >= 11 is 1.62. The molecule has 0 bridgehead atoms. The number of nitrogens with zero attached hydrogens (tertiary/aromatic N) is 5. The Morgan fingerprint density at radius 2 is 2.00 bits per heavy atom. The van der Waals surface area contributed by atoms with E-state index in [1.165, 1.54) is 0 Å². The number of benzene rings is 1. The van der Waals surface area contributed by atoms with Gasteiger partial charge in [-0.15, -0.1) is 16.4 Å². The van der Waals surface area contributed by atoms with Crippen molar-refractivity contribution >= 4 is 11.3 Å². The first-order valence-corrected chi connectivity index (χ1v) is 5.54. The fourth-order valence-electron chi connectivity index (χ4n) is 1.42. The van der Waals surface area contributed by atoms with Gasteiger partial charge < -0.3 is 0 Å². The third-order valence-electron chi connectivity index (χ3n) is 2.20. The van der Waals surface area contributed by atoms with Crippen LogP contribution >= 0.6 is 11.3 Å². The lowest BCUT2D eigenvalue weighted by molar-refractivity contribution is 0.789. The maximum absolute atomic E-state index is 4.05. The van der Waals surface area contributed by atoms with Crippen molar-refractivity contribution in [3.63, 3.8) is 0 Å². The number of rotatable bonds is 2. The summed E-state index contributed by atoms with van der Waals surface area (Å²) in [6, 6.07) is 8.02. The van der Waals surface area contributed by atoms with Gasteiger partial charge in [0.1, 0.15) is 6.33 Å². The highest BCUT2D eigenvalue weighted by Gasteiger charge is 2.01. The molecule has 3 aromatic rings. The van der Waals surface area contributed by atoms with Gasteiger partial charge in [-0.3, -0.25) is 4.98 Å². The summed E-state index contributed by atoms with van der Waals surface area (Å²) in [5.41, 5.74) is 3.92. The largest absolute Gasteiger partial charge is 0.252 e. The van der Waals surface area contributed by atoms with E-state index in [0.717, 1.165) is 16.1 Å². The SMILES string of the molecule is c1ncc(-c2ccc(-n3cnnn3)cc2)s1. The molecule has 2 aromatic heterocycles. The molecule has 0 aliphatic rings. The summed E-state index contributed by atoms with van der Waals surface area (Å²) < 4.78 is 1.62. The van der Waals surface area contributed by atoms with Crippen molar-refractivity contribution in [2.75, 3.05) is 0 Å².